The lowest BCUT2D eigenvalue weighted by Crippen LogP contribution is -2.30. The Bertz CT molecular complexity index is 1200. The van der Waals surface area contributed by atoms with Crippen molar-refractivity contribution in [1.29, 1.82) is 0 Å². The number of carbonyl (C=O) groups excluding carboxylic acids is 4. The van der Waals surface area contributed by atoms with Crippen LogP contribution in [0.5, 0.6) is 11.5 Å². The highest BCUT2D eigenvalue weighted by atomic mass is 79.9. The molecule has 0 unspecified atom stereocenters. The maximum Gasteiger partial charge on any atom is 0.373 e. The largest absolute Gasteiger partial charge is 0.490 e. The first-order valence-corrected chi connectivity index (χ1v) is 11.8. The maximum absolute atomic E-state index is 12.9. The number of hydrogen-bond donors (Lipinski definition) is 1. The third kappa shape index (κ3) is 6.06. The Hall–Kier alpha value is -3.80. The van der Waals surface area contributed by atoms with Gasteiger partial charge in [-0.3, -0.25) is 9.69 Å². The zero-order chi connectivity index (χ0) is 26.4. The molecule has 0 spiro atoms. The minimum absolute atomic E-state index is 0.0245. The number of ether oxygens (including phenoxy) is 4. The molecule has 3 rings (SSSR count). The van der Waals surface area contributed by atoms with Gasteiger partial charge in [0.25, 0.3) is 5.91 Å². The van der Waals surface area contributed by atoms with Crippen LogP contribution >= 0.6 is 15.9 Å². The number of esters is 2. The van der Waals surface area contributed by atoms with Crippen molar-refractivity contribution >= 4 is 45.9 Å². The number of carbonyl (C=O) groups is 4. The summed E-state index contributed by atoms with van der Waals surface area (Å²) in [6, 6.07) is 5.45. The van der Waals surface area contributed by atoms with Crippen LogP contribution in [-0.4, -0.2) is 55.2 Å². The lowest BCUT2D eigenvalue weighted by Gasteiger charge is -2.17. The minimum Gasteiger partial charge on any atom is -0.490 e. The molecule has 1 atom stereocenters. The molecule has 12 heteroatoms. The molecule has 0 radical (unpaired) electrons. The Morgan fingerprint density at radius 2 is 1.92 bits per heavy atom. The van der Waals surface area contributed by atoms with Gasteiger partial charge in [0.15, 0.2) is 17.6 Å². The monoisotopic (exact) mass is 564 g/mol. The van der Waals surface area contributed by atoms with Crippen LogP contribution in [0.15, 0.2) is 38.9 Å². The van der Waals surface area contributed by atoms with E-state index in [4.69, 9.17) is 18.6 Å². The number of nitrogens with one attached hydrogen (secondary N) is 1. The van der Waals surface area contributed by atoms with Crippen LogP contribution < -0.4 is 14.8 Å². The second-order valence-electron chi connectivity index (χ2n) is 7.40. The van der Waals surface area contributed by atoms with Crippen LogP contribution in [-0.2, 0) is 25.6 Å². The van der Waals surface area contributed by atoms with Gasteiger partial charge in [-0.25, -0.2) is 14.4 Å². The van der Waals surface area contributed by atoms with Crippen LogP contribution in [0.25, 0.3) is 6.08 Å². The average Bonchev–Trinajstić information content (AvgIpc) is 3.42. The van der Waals surface area contributed by atoms with Gasteiger partial charge in [0.05, 0.1) is 26.9 Å². The molecule has 0 saturated carbocycles. The van der Waals surface area contributed by atoms with Crippen molar-refractivity contribution in [2.75, 3.05) is 20.3 Å². The molecule has 1 aromatic heterocycles. The van der Waals surface area contributed by atoms with E-state index in [9.17, 15) is 19.2 Å². The maximum atomic E-state index is 12.9. The topological polar surface area (TPSA) is 134 Å². The molecular weight excluding hydrogens is 540 g/mol. The molecule has 1 aliphatic rings. The quantitative estimate of drug-likeness (QED) is 0.260. The molecule has 3 amide bonds. The van der Waals surface area contributed by atoms with Gasteiger partial charge in [0.2, 0.25) is 5.76 Å². The van der Waals surface area contributed by atoms with Gasteiger partial charge in [-0.1, -0.05) is 15.9 Å². The number of imide groups is 1. The molecule has 36 heavy (non-hydrogen) atoms. The minimum atomic E-state index is -0.870. The molecule has 1 aromatic carbocycles. The number of methoxy groups -OCH3 is 1. The Morgan fingerprint density at radius 1 is 1.17 bits per heavy atom. The highest BCUT2D eigenvalue weighted by Crippen LogP contribution is 2.36. The smallest absolute Gasteiger partial charge is 0.373 e. The standard InChI is InChI=1S/C24H25BrN2O9/c1-5-33-19-10-14(16(25)11-20(19)35-13(3)22(29)34-6-2)9-17-21(28)27(24(31)26-17)12-15-7-8-18(36-15)23(30)32-4/h7-11,13H,5-6,12H2,1-4H3,(H,26,31)/b17-9-/t13-/m1/s1. The molecule has 1 saturated heterocycles. The van der Waals surface area contributed by atoms with Crippen molar-refractivity contribution in [3.05, 3.63) is 51.5 Å². The molecule has 2 heterocycles. The van der Waals surface area contributed by atoms with Gasteiger partial charge in [-0.15, -0.1) is 0 Å². The summed E-state index contributed by atoms with van der Waals surface area (Å²) in [6.45, 7) is 5.42. The van der Waals surface area contributed by atoms with E-state index < -0.39 is 30.0 Å². The third-order valence-corrected chi connectivity index (χ3v) is 5.60. The SMILES string of the molecule is CCOC(=O)[C@@H](C)Oc1cc(Br)c(/C=C2\NC(=O)N(Cc3ccc(C(=O)OC)o3)C2=O)cc1OCC. The van der Waals surface area contributed by atoms with Gasteiger partial charge >= 0.3 is 18.0 Å². The van der Waals surface area contributed by atoms with E-state index in [1.54, 1.807) is 32.9 Å². The Labute approximate surface area is 215 Å². The van der Waals surface area contributed by atoms with Crippen molar-refractivity contribution in [2.24, 2.45) is 0 Å². The van der Waals surface area contributed by atoms with Crippen molar-refractivity contribution < 1.29 is 42.5 Å². The molecule has 0 aliphatic carbocycles. The normalized spacial score (nSPS) is 15.0. The van der Waals surface area contributed by atoms with Crippen LogP contribution in [0.1, 0.15) is 42.6 Å². The summed E-state index contributed by atoms with van der Waals surface area (Å²) in [6.07, 6.45) is 0.610. The zero-order valence-electron chi connectivity index (χ0n) is 20.1. The number of benzene rings is 1. The van der Waals surface area contributed by atoms with Crippen molar-refractivity contribution in [1.82, 2.24) is 10.2 Å². The Morgan fingerprint density at radius 3 is 2.58 bits per heavy atom. The van der Waals surface area contributed by atoms with Crippen LogP contribution in [0.3, 0.4) is 0 Å². The molecule has 1 fully saturated rings. The second-order valence-corrected chi connectivity index (χ2v) is 8.26. The second kappa shape index (κ2) is 11.8. The lowest BCUT2D eigenvalue weighted by atomic mass is 10.1. The number of urea groups is 1. The summed E-state index contributed by atoms with van der Waals surface area (Å²) in [5, 5.41) is 2.53. The fraction of sp³-hybridized carbons (Fsp3) is 0.333. The predicted octanol–water partition coefficient (Wildman–Crippen LogP) is 3.65. The number of amides is 3. The average molecular weight is 565 g/mol. The van der Waals surface area contributed by atoms with E-state index in [1.807, 2.05) is 0 Å². The Balaban J connectivity index is 1.82. The number of halogens is 1. The van der Waals surface area contributed by atoms with Crippen molar-refractivity contribution in [3.63, 3.8) is 0 Å². The summed E-state index contributed by atoms with van der Waals surface area (Å²) >= 11 is 3.43. The highest BCUT2D eigenvalue weighted by Gasteiger charge is 2.34. The molecule has 2 aromatic rings. The molecule has 1 N–H and O–H groups in total. The van der Waals surface area contributed by atoms with Gasteiger partial charge in [0, 0.05) is 4.47 Å². The summed E-state index contributed by atoms with van der Waals surface area (Å²) < 4.78 is 26.8. The molecule has 0 bridgehead atoms. The van der Waals surface area contributed by atoms with Crippen molar-refractivity contribution in [3.8, 4) is 11.5 Å². The van der Waals surface area contributed by atoms with E-state index in [0.717, 1.165) is 4.90 Å². The van der Waals surface area contributed by atoms with E-state index >= 15 is 0 Å². The summed E-state index contributed by atoms with van der Waals surface area (Å²) in [4.78, 5) is 49.8. The number of rotatable bonds is 10. The molecule has 1 aliphatic heterocycles. The first-order chi connectivity index (χ1) is 17.2. The predicted molar refractivity (Wildman–Crippen MR) is 129 cm³/mol. The first kappa shape index (κ1) is 26.8. The van der Waals surface area contributed by atoms with E-state index in [-0.39, 0.29) is 30.4 Å². The highest BCUT2D eigenvalue weighted by molar-refractivity contribution is 9.10. The van der Waals surface area contributed by atoms with Gasteiger partial charge in [-0.05, 0) is 56.7 Å². The fourth-order valence-electron chi connectivity index (χ4n) is 3.22. The lowest BCUT2D eigenvalue weighted by molar-refractivity contribution is -0.150. The Kier molecular flexibility index (Phi) is 8.75. The summed E-state index contributed by atoms with van der Waals surface area (Å²) in [5.41, 5.74) is 0.544. The van der Waals surface area contributed by atoms with E-state index in [1.165, 1.54) is 25.3 Å². The number of nitrogens with zero attached hydrogens (tertiary/aromatic N) is 1. The molecule has 11 nitrogen and oxygen atoms in total. The van der Waals surface area contributed by atoms with Crippen molar-refractivity contribution in [2.45, 2.75) is 33.4 Å². The number of furan rings is 1. The summed E-state index contributed by atoms with van der Waals surface area (Å²) in [7, 11) is 1.22. The van der Waals surface area contributed by atoms with Gasteiger partial charge < -0.3 is 28.7 Å². The third-order valence-electron chi connectivity index (χ3n) is 4.91. The van der Waals surface area contributed by atoms with Gasteiger partial charge in [-0.2, -0.15) is 0 Å². The zero-order valence-corrected chi connectivity index (χ0v) is 21.7. The van der Waals surface area contributed by atoms with Gasteiger partial charge in [0.1, 0.15) is 11.5 Å². The fourth-order valence-corrected chi connectivity index (χ4v) is 3.66. The number of hydrogen-bond acceptors (Lipinski definition) is 9. The van der Waals surface area contributed by atoms with Crippen LogP contribution in [0.2, 0.25) is 0 Å². The molecule has 192 valence electrons. The van der Waals surface area contributed by atoms with E-state index in [2.05, 4.69) is 26.0 Å². The van der Waals surface area contributed by atoms with E-state index in [0.29, 0.717) is 28.1 Å². The molecular formula is C24H25BrN2O9. The van der Waals surface area contributed by atoms with Crippen LogP contribution in [0, 0.1) is 0 Å². The van der Waals surface area contributed by atoms with Crippen LogP contribution in [0.4, 0.5) is 4.79 Å². The summed E-state index contributed by atoms with van der Waals surface area (Å²) in [5.74, 6) is -0.941. The first-order valence-electron chi connectivity index (χ1n) is 11.0.